The Morgan fingerprint density at radius 1 is 0.962 bits per heavy atom. The monoisotopic (exact) mass is 358 g/mol. The molecule has 2 amide bonds. The average Bonchev–Trinajstić information content (AvgIpc) is 2.67. The number of hydrogen-bond donors (Lipinski definition) is 2. The van der Waals surface area contributed by atoms with Crippen molar-refractivity contribution in [1.29, 1.82) is 0 Å². The van der Waals surface area contributed by atoms with Crippen molar-refractivity contribution in [2.45, 2.75) is 6.92 Å². The molecule has 0 saturated carbocycles. The number of hydrogen-bond acceptors (Lipinski definition) is 5. The third-order valence-electron chi connectivity index (χ3n) is 3.51. The van der Waals surface area contributed by atoms with Crippen molar-refractivity contribution in [1.82, 2.24) is 5.32 Å². The minimum absolute atomic E-state index is 0.0530. The van der Waals surface area contributed by atoms with Crippen LogP contribution in [0.1, 0.15) is 17.3 Å². The van der Waals surface area contributed by atoms with Crippen LogP contribution < -0.4 is 24.8 Å². The van der Waals surface area contributed by atoms with Gasteiger partial charge in [-0.15, -0.1) is 0 Å². The van der Waals surface area contributed by atoms with E-state index in [1.807, 2.05) is 6.92 Å². The Labute approximate surface area is 152 Å². The Morgan fingerprint density at radius 2 is 1.65 bits per heavy atom. The molecule has 0 unspecified atom stereocenters. The highest BCUT2D eigenvalue weighted by Crippen LogP contribution is 2.25. The molecule has 0 atom stereocenters. The van der Waals surface area contributed by atoms with E-state index >= 15 is 0 Å². The zero-order chi connectivity index (χ0) is 18.9. The van der Waals surface area contributed by atoms with Crippen molar-refractivity contribution >= 4 is 17.5 Å². The maximum Gasteiger partial charge on any atom is 0.259 e. The van der Waals surface area contributed by atoms with Gasteiger partial charge < -0.3 is 24.8 Å². The van der Waals surface area contributed by atoms with Crippen LogP contribution in [0, 0.1) is 0 Å². The van der Waals surface area contributed by atoms with Gasteiger partial charge in [0.1, 0.15) is 17.2 Å². The predicted molar refractivity (Wildman–Crippen MR) is 98.1 cm³/mol. The van der Waals surface area contributed by atoms with Gasteiger partial charge in [-0.2, -0.15) is 0 Å². The number of methoxy groups -OCH3 is 2. The summed E-state index contributed by atoms with van der Waals surface area (Å²) < 4.78 is 15.7. The largest absolute Gasteiger partial charge is 0.497 e. The molecule has 2 N–H and O–H groups in total. The summed E-state index contributed by atoms with van der Waals surface area (Å²) in [5.74, 6) is 1.07. The number of rotatable bonds is 8. The maximum absolute atomic E-state index is 12.4. The van der Waals surface area contributed by atoms with Gasteiger partial charge in [-0.05, 0) is 43.3 Å². The number of ether oxygens (including phenoxy) is 3. The Hall–Kier alpha value is -3.22. The van der Waals surface area contributed by atoms with Crippen molar-refractivity contribution < 1.29 is 23.8 Å². The van der Waals surface area contributed by atoms with E-state index in [-0.39, 0.29) is 18.4 Å². The lowest BCUT2D eigenvalue weighted by molar-refractivity contribution is -0.122. The fourth-order valence-electron chi connectivity index (χ4n) is 2.22. The summed E-state index contributed by atoms with van der Waals surface area (Å²) in [6.07, 6.45) is 0. The van der Waals surface area contributed by atoms with Crippen LogP contribution in [-0.2, 0) is 4.79 Å². The number of amides is 2. The molecule has 0 aliphatic carbocycles. The Morgan fingerprint density at radius 3 is 2.27 bits per heavy atom. The van der Waals surface area contributed by atoms with Crippen molar-refractivity contribution in [3.8, 4) is 17.2 Å². The lowest BCUT2D eigenvalue weighted by atomic mass is 10.1. The van der Waals surface area contributed by atoms with E-state index in [1.54, 1.807) is 49.6 Å². The standard InChI is InChI=1S/C19H22N2O5/c1-4-20-18(22)12-26-14-7-5-13(6-8-14)21-19(23)16-10-9-15(24-2)11-17(16)25-3/h5-11H,4,12H2,1-3H3,(H,20,22)(H,21,23). The third kappa shape index (κ3) is 5.14. The molecule has 0 spiro atoms. The number of carbonyl (C=O) groups is 2. The number of nitrogens with one attached hydrogen (secondary N) is 2. The topological polar surface area (TPSA) is 85.9 Å². The molecule has 0 fully saturated rings. The summed E-state index contributed by atoms with van der Waals surface area (Å²) >= 11 is 0. The van der Waals surface area contributed by atoms with E-state index in [0.29, 0.717) is 35.0 Å². The van der Waals surface area contributed by atoms with Crippen molar-refractivity contribution in [2.24, 2.45) is 0 Å². The van der Waals surface area contributed by atoms with Gasteiger partial charge in [0.15, 0.2) is 6.61 Å². The second-order valence-corrected chi connectivity index (χ2v) is 5.29. The van der Waals surface area contributed by atoms with Crippen LogP contribution in [0.3, 0.4) is 0 Å². The molecule has 2 aromatic rings. The first kappa shape index (κ1) is 19.1. The highest BCUT2D eigenvalue weighted by atomic mass is 16.5. The van der Waals surface area contributed by atoms with Crippen LogP contribution >= 0.6 is 0 Å². The first-order chi connectivity index (χ1) is 12.6. The molecular formula is C19H22N2O5. The van der Waals surface area contributed by atoms with E-state index in [0.717, 1.165) is 0 Å². The van der Waals surface area contributed by atoms with E-state index in [2.05, 4.69) is 10.6 Å². The van der Waals surface area contributed by atoms with Gasteiger partial charge in [0.25, 0.3) is 11.8 Å². The predicted octanol–water partition coefficient (Wildman–Crippen LogP) is 2.47. The van der Waals surface area contributed by atoms with Crippen LogP contribution in [-0.4, -0.2) is 39.2 Å². The van der Waals surface area contributed by atoms with Gasteiger partial charge >= 0.3 is 0 Å². The highest BCUT2D eigenvalue weighted by molar-refractivity contribution is 6.06. The molecule has 0 saturated heterocycles. The van der Waals surface area contributed by atoms with E-state index in [1.165, 1.54) is 7.11 Å². The fourth-order valence-corrected chi connectivity index (χ4v) is 2.22. The Bertz CT molecular complexity index is 759. The number of anilines is 1. The minimum Gasteiger partial charge on any atom is -0.497 e. The summed E-state index contributed by atoms with van der Waals surface area (Å²) in [6, 6.07) is 11.7. The van der Waals surface area contributed by atoms with E-state index in [4.69, 9.17) is 14.2 Å². The van der Waals surface area contributed by atoms with E-state index < -0.39 is 0 Å². The van der Waals surface area contributed by atoms with Gasteiger partial charge in [0.2, 0.25) is 0 Å². The van der Waals surface area contributed by atoms with Gasteiger partial charge in [-0.1, -0.05) is 0 Å². The molecule has 0 bridgehead atoms. The summed E-state index contributed by atoms with van der Waals surface area (Å²) in [4.78, 5) is 23.8. The van der Waals surface area contributed by atoms with Gasteiger partial charge in [-0.3, -0.25) is 9.59 Å². The molecule has 0 aromatic heterocycles. The van der Waals surface area contributed by atoms with Crippen molar-refractivity contribution in [3.63, 3.8) is 0 Å². The van der Waals surface area contributed by atoms with Crippen molar-refractivity contribution in [3.05, 3.63) is 48.0 Å². The fraction of sp³-hybridized carbons (Fsp3) is 0.263. The zero-order valence-electron chi connectivity index (χ0n) is 15.0. The number of benzene rings is 2. The summed E-state index contributed by atoms with van der Waals surface area (Å²) in [5, 5.41) is 5.44. The Balaban J connectivity index is 2.00. The normalized spacial score (nSPS) is 9.96. The average molecular weight is 358 g/mol. The lowest BCUT2D eigenvalue weighted by Gasteiger charge is -2.11. The maximum atomic E-state index is 12.4. The number of likely N-dealkylation sites (N-methyl/N-ethyl adjacent to an activating group) is 1. The molecular weight excluding hydrogens is 336 g/mol. The van der Waals surface area contributed by atoms with E-state index in [9.17, 15) is 9.59 Å². The molecule has 2 aromatic carbocycles. The van der Waals surface area contributed by atoms with Crippen LogP contribution in [0.5, 0.6) is 17.2 Å². The third-order valence-corrected chi connectivity index (χ3v) is 3.51. The molecule has 2 rings (SSSR count). The van der Waals surface area contributed by atoms with Gasteiger partial charge in [0, 0.05) is 18.3 Å². The van der Waals surface area contributed by atoms with Crippen LogP contribution in [0.25, 0.3) is 0 Å². The second kappa shape index (κ2) is 9.31. The summed E-state index contributed by atoms with van der Waals surface area (Å²) in [6.45, 7) is 2.35. The molecule has 0 aliphatic rings. The minimum atomic E-state index is -0.305. The van der Waals surface area contributed by atoms with Crippen molar-refractivity contribution in [2.75, 3.05) is 32.7 Å². The lowest BCUT2D eigenvalue weighted by Crippen LogP contribution is -2.28. The molecule has 7 nitrogen and oxygen atoms in total. The molecule has 0 radical (unpaired) electrons. The molecule has 0 aliphatic heterocycles. The first-order valence-corrected chi connectivity index (χ1v) is 8.10. The highest BCUT2D eigenvalue weighted by Gasteiger charge is 2.13. The smallest absolute Gasteiger partial charge is 0.259 e. The van der Waals surface area contributed by atoms with Gasteiger partial charge in [0.05, 0.1) is 19.8 Å². The molecule has 0 heterocycles. The molecule has 7 heteroatoms. The summed E-state index contributed by atoms with van der Waals surface area (Å²) in [5.41, 5.74) is 0.989. The van der Waals surface area contributed by atoms with Crippen LogP contribution in [0.15, 0.2) is 42.5 Å². The summed E-state index contributed by atoms with van der Waals surface area (Å²) in [7, 11) is 3.04. The zero-order valence-corrected chi connectivity index (χ0v) is 15.0. The molecule has 26 heavy (non-hydrogen) atoms. The van der Waals surface area contributed by atoms with Crippen LogP contribution in [0.4, 0.5) is 5.69 Å². The molecule has 138 valence electrons. The Kier molecular flexibility index (Phi) is 6.84. The first-order valence-electron chi connectivity index (χ1n) is 8.10. The van der Waals surface area contributed by atoms with Crippen LogP contribution in [0.2, 0.25) is 0 Å². The SMILES string of the molecule is CCNC(=O)COc1ccc(NC(=O)c2ccc(OC)cc2OC)cc1. The van der Waals surface area contributed by atoms with Gasteiger partial charge in [-0.25, -0.2) is 0 Å². The number of carbonyl (C=O) groups excluding carboxylic acids is 2. The quantitative estimate of drug-likeness (QED) is 0.757. The second-order valence-electron chi connectivity index (χ2n) is 5.29.